The zero-order valence-corrected chi connectivity index (χ0v) is 13.0. The molecule has 4 heteroatoms. The Morgan fingerprint density at radius 2 is 2.05 bits per heavy atom. The molecule has 3 saturated carbocycles. The lowest BCUT2D eigenvalue weighted by Gasteiger charge is -2.47. The topological polar surface area (TPSA) is 48.5 Å². The molecule has 0 amide bonds. The van der Waals surface area contributed by atoms with Gasteiger partial charge in [0, 0.05) is 17.8 Å². The number of rotatable bonds is 1. The molecule has 22 heavy (non-hydrogen) atoms. The van der Waals surface area contributed by atoms with Crippen LogP contribution in [0.1, 0.15) is 49.7 Å². The maximum atomic E-state index is 5.15. The minimum atomic E-state index is -0.0232. The van der Waals surface area contributed by atoms with E-state index < -0.39 is 0 Å². The van der Waals surface area contributed by atoms with Crippen LogP contribution in [0.5, 0.6) is 0 Å². The first kappa shape index (κ1) is 12.9. The van der Waals surface area contributed by atoms with Crippen LogP contribution in [0.3, 0.4) is 0 Å². The molecule has 1 aromatic rings. The van der Waals surface area contributed by atoms with E-state index in [0.717, 1.165) is 18.3 Å². The highest BCUT2D eigenvalue weighted by atomic mass is 15.5. The van der Waals surface area contributed by atoms with Crippen molar-refractivity contribution in [1.82, 2.24) is 10.9 Å². The van der Waals surface area contributed by atoms with Gasteiger partial charge in [0.05, 0.1) is 0 Å². The standard InChI is InChI=1S/C18H24N4/c1-2-13-10-14(5-8-16(13)19-9-1)17-20-18(22-21-17)11-12-3-6-15(18)7-4-12/h5,8,10,12,15,19,22H,1-4,6-7,9,11H2,(H,20,21)/t12?,15?,18-/m1/s1. The number of nitrogens with one attached hydrogen (secondary N) is 3. The molecule has 5 aliphatic rings. The number of fused-ring (bicyclic) bond motifs is 3. The number of hydrogen-bond acceptors (Lipinski definition) is 4. The molecular formula is C18H24N4. The Kier molecular flexibility index (Phi) is 2.78. The van der Waals surface area contributed by atoms with E-state index in [9.17, 15) is 0 Å². The first-order valence-corrected chi connectivity index (χ1v) is 8.83. The van der Waals surface area contributed by atoms with Crippen LogP contribution in [0, 0.1) is 11.8 Å². The zero-order valence-electron chi connectivity index (χ0n) is 13.0. The van der Waals surface area contributed by atoms with Crippen molar-refractivity contribution in [1.29, 1.82) is 0 Å². The van der Waals surface area contributed by atoms with E-state index in [4.69, 9.17) is 4.99 Å². The van der Waals surface area contributed by atoms with Crippen LogP contribution in [0.2, 0.25) is 0 Å². The second-order valence-electron chi connectivity index (χ2n) is 7.46. The highest BCUT2D eigenvalue weighted by molar-refractivity contribution is 6.00. The summed E-state index contributed by atoms with van der Waals surface area (Å²) in [6.45, 7) is 1.10. The third-order valence-electron chi connectivity index (χ3n) is 6.15. The van der Waals surface area contributed by atoms with Crippen LogP contribution in [-0.2, 0) is 6.42 Å². The average Bonchev–Trinajstić information content (AvgIpc) is 2.99. The maximum absolute atomic E-state index is 5.15. The minimum Gasteiger partial charge on any atom is -0.385 e. The molecule has 2 aliphatic heterocycles. The van der Waals surface area contributed by atoms with Gasteiger partial charge in [-0.3, -0.25) is 0 Å². The van der Waals surface area contributed by atoms with E-state index >= 15 is 0 Å². The van der Waals surface area contributed by atoms with Crippen LogP contribution in [-0.4, -0.2) is 18.0 Å². The summed E-state index contributed by atoms with van der Waals surface area (Å²) in [4.78, 5) is 5.15. The van der Waals surface area contributed by atoms with Gasteiger partial charge >= 0.3 is 0 Å². The van der Waals surface area contributed by atoms with Crippen molar-refractivity contribution >= 4 is 11.5 Å². The lowest BCUT2D eigenvalue weighted by molar-refractivity contribution is 0.0506. The first-order chi connectivity index (χ1) is 10.8. The van der Waals surface area contributed by atoms with Gasteiger partial charge in [0.2, 0.25) is 0 Å². The van der Waals surface area contributed by atoms with Gasteiger partial charge in [-0.2, -0.15) is 0 Å². The summed E-state index contributed by atoms with van der Waals surface area (Å²) in [7, 11) is 0. The number of amidine groups is 1. The largest absolute Gasteiger partial charge is 0.385 e. The summed E-state index contributed by atoms with van der Waals surface area (Å²) in [6, 6.07) is 6.73. The SMILES string of the molecule is c1cc2c(cc1C1=N[C@]3(CC4CCC3CC4)NN1)CCCN2. The van der Waals surface area contributed by atoms with Crippen molar-refractivity contribution < 1.29 is 0 Å². The number of hydrogen-bond donors (Lipinski definition) is 3. The van der Waals surface area contributed by atoms with E-state index in [2.05, 4.69) is 34.4 Å². The summed E-state index contributed by atoms with van der Waals surface area (Å²) >= 11 is 0. The number of hydrazine groups is 1. The van der Waals surface area contributed by atoms with Crippen LogP contribution in [0.4, 0.5) is 5.69 Å². The van der Waals surface area contributed by atoms with Crippen molar-refractivity contribution in [2.24, 2.45) is 16.8 Å². The summed E-state index contributed by atoms with van der Waals surface area (Å²) in [5, 5.41) is 3.48. The number of aryl methyl sites for hydroxylation is 1. The van der Waals surface area contributed by atoms with Crippen LogP contribution in [0.25, 0.3) is 0 Å². The van der Waals surface area contributed by atoms with Crippen molar-refractivity contribution in [2.75, 3.05) is 11.9 Å². The zero-order chi connectivity index (χ0) is 14.6. The fourth-order valence-corrected chi connectivity index (χ4v) is 4.92. The molecule has 3 fully saturated rings. The minimum absolute atomic E-state index is 0.0232. The Morgan fingerprint density at radius 1 is 1.14 bits per heavy atom. The molecule has 0 saturated heterocycles. The Bertz CT molecular complexity index is 630. The number of nitrogens with zero attached hydrogens (tertiary/aromatic N) is 1. The fourth-order valence-electron chi connectivity index (χ4n) is 4.92. The molecule has 6 rings (SSSR count). The van der Waals surface area contributed by atoms with Crippen LogP contribution in [0.15, 0.2) is 23.2 Å². The van der Waals surface area contributed by atoms with Crippen molar-refractivity contribution in [3.63, 3.8) is 0 Å². The molecule has 2 bridgehead atoms. The summed E-state index contributed by atoms with van der Waals surface area (Å²) in [6.07, 6.45) is 9.09. The average molecular weight is 296 g/mol. The third-order valence-corrected chi connectivity index (χ3v) is 6.15. The summed E-state index contributed by atoms with van der Waals surface area (Å²) in [5.41, 5.74) is 10.9. The van der Waals surface area contributed by atoms with Gasteiger partial charge in [0.25, 0.3) is 0 Å². The molecule has 1 spiro atoms. The normalized spacial score (nSPS) is 35.7. The summed E-state index contributed by atoms with van der Waals surface area (Å²) in [5.74, 6) is 2.62. The van der Waals surface area contributed by atoms with Crippen molar-refractivity contribution in [2.45, 2.75) is 50.6 Å². The number of aliphatic imine (C=N–C) groups is 1. The van der Waals surface area contributed by atoms with Gasteiger partial charge in [0.15, 0.2) is 0 Å². The molecule has 2 heterocycles. The van der Waals surface area contributed by atoms with Gasteiger partial charge < -0.3 is 10.7 Å². The maximum Gasteiger partial charge on any atom is 0.144 e. The van der Waals surface area contributed by atoms with Gasteiger partial charge in [-0.1, -0.05) is 0 Å². The van der Waals surface area contributed by atoms with E-state index in [1.165, 1.54) is 61.8 Å². The van der Waals surface area contributed by atoms with E-state index in [1.54, 1.807) is 0 Å². The third kappa shape index (κ3) is 1.89. The van der Waals surface area contributed by atoms with Gasteiger partial charge in [-0.15, -0.1) is 0 Å². The molecule has 116 valence electrons. The fraction of sp³-hybridized carbons (Fsp3) is 0.611. The number of benzene rings is 1. The second-order valence-corrected chi connectivity index (χ2v) is 7.46. The lowest BCUT2D eigenvalue weighted by Crippen LogP contribution is -2.56. The van der Waals surface area contributed by atoms with Crippen LogP contribution >= 0.6 is 0 Å². The summed E-state index contributed by atoms with van der Waals surface area (Å²) < 4.78 is 0. The lowest BCUT2D eigenvalue weighted by atomic mass is 9.65. The Balaban J connectivity index is 1.48. The van der Waals surface area contributed by atoms with E-state index in [0.29, 0.717) is 5.92 Å². The molecule has 1 aromatic carbocycles. The molecular weight excluding hydrogens is 272 g/mol. The van der Waals surface area contributed by atoms with Crippen molar-refractivity contribution in [3.05, 3.63) is 29.3 Å². The smallest absolute Gasteiger partial charge is 0.144 e. The Labute approximate surface area is 131 Å². The molecule has 0 radical (unpaired) electrons. The highest BCUT2D eigenvalue weighted by Crippen LogP contribution is 2.48. The first-order valence-electron chi connectivity index (χ1n) is 8.83. The van der Waals surface area contributed by atoms with E-state index in [-0.39, 0.29) is 5.66 Å². The van der Waals surface area contributed by atoms with Crippen molar-refractivity contribution in [3.8, 4) is 0 Å². The molecule has 3 N–H and O–H groups in total. The molecule has 1 atom stereocenters. The highest BCUT2D eigenvalue weighted by Gasteiger charge is 2.49. The van der Waals surface area contributed by atoms with Crippen LogP contribution < -0.4 is 16.2 Å². The number of anilines is 1. The molecule has 0 aromatic heterocycles. The monoisotopic (exact) mass is 296 g/mol. The van der Waals surface area contributed by atoms with E-state index in [1.807, 2.05) is 0 Å². The van der Waals surface area contributed by atoms with Gasteiger partial charge in [0.1, 0.15) is 11.5 Å². The van der Waals surface area contributed by atoms with Gasteiger partial charge in [-0.05, 0) is 80.5 Å². The Morgan fingerprint density at radius 3 is 2.86 bits per heavy atom. The molecule has 0 unspecified atom stereocenters. The predicted octanol–water partition coefficient (Wildman–Crippen LogP) is 2.81. The predicted molar refractivity (Wildman–Crippen MR) is 88.9 cm³/mol. The molecule has 4 nitrogen and oxygen atoms in total. The van der Waals surface area contributed by atoms with Gasteiger partial charge in [-0.25, -0.2) is 10.4 Å². The second kappa shape index (κ2) is 4.72. The quantitative estimate of drug-likeness (QED) is 0.747. The Hall–Kier alpha value is -1.55. The molecule has 3 aliphatic carbocycles.